The number of hydrogen-bond acceptors (Lipinski definition) is 4. The minimum absolute atomic E-state index is 0.112. The van der Waals surface area contributed by atoms with E-state index < -0.39 is 28.5 Å². The highest BCUT2D eigenvalue weighted by Gasteiger charge is 2.32. The number of nitrogens with one attached hydrogen (secondary N) is 1. The minimum atomic E-state index is -3.89. The molecule has 190 valence electrons. The molecule has 0 aliphatic heterocycles. The molecule has 1 N–H and O–H groups in total. The van der Waals surface area contributed by atoms with Crippen LogP contribution in [0.4, 0.5) is 0 Å². The van der Waals surface area contributed by atoms with Crippen molar-refractivity contribution in [1.29, 1.82) is 0 Å². The number of hydrogen-bond donors (Lipinski definition) is 1. The maximum atomic E-state index is 13.7. The monoisotopic (exact) mass is 507 g/mol. The predicted octanol–water partition coefficient (Wildman–Crippen LogP) is 3.31. The third kappa shape index (κ3) is 6.80. The third-order valence-corrected chi connectivity index (χ3v) is 7.86. The average Bonchev–Trinajstić information content (AvgIpc) is 2.86. The van der Waals surface area contributed by atoms with Crippen molar-refractivity contribution in [3.63, 3.8) is 0 Å². The molecule has 8 heteroatoms. The summed E-state index contributed by atoms with van der Waals surface area (Å²) in [5.74, 6) is -0.775. The number of sulfonamides is 1. The van der Waals surface area contributed by atoms with Gasteiger partial charge < -0.3 is 10.2 Å². The quantitative estimate of drug-likeness (QED) is 0.456. The summed E-state index contributed by atoms with van der Waals surface area (Å²) in [7, 11) is -0.979. The second-order valence-electron chi connectivity index (χ2n) is 8.90. The number of likely N-dealkylation sites (N-methyl/N-ethyl adjacent to an activating group) is 2. The van der Waals surface area contributed by atoms with Gasteiger partial charge in [0, 0.05) is 27.1 Å². The van der Waals surface area contributed by atoms with Crippen molar-refractivity contribution in [2.45, 2.75) is 37.8 Å². The van der Waals surface area contributed by atoms with Crippen molar-refractivity contribution in [2.24, 2.45) is 0 Å². The van der Waals surface area contributed by atoms with E-state index in [-0.39, 0.29) is 17.3 Å². The second kappa shape index (κ2) is 12.0. The van der Waals surface area contributed by atoms with Crippen LogP contribution >= 0.6 is 0 Å². The van der Waals surface area contributed by atoms with Gasteiger partial charge >= 0.3 is 0 Å². The molecule has 0 spiro atoms. The van der Waals surface area contributed by atoms with E-state index in [1.165, 1.54) is 31.1 Å². The molecule has 0 aliphatic rings. The Morgan fingerprint density at radius 2 is 1.50 bits per heavy atom. The maximum absolute atomic E-state index is 13.7. The zero-order valence-corrected chi connectivity index (χ0v) is 22.0. The van der Waals surface area contributed by atoms with Gasteiger partial charge in [0.25, 0.3) is 0 Å². The number of amides is 2. The predicted molar refractivity (Wildman–Crippen MR) is 141 cm³/mol. The molecular formula is C28H33N3O4S. The maximum Gasteiger partial charge on any atom is 0.243 e. The number of nitrogens with zero attached hydrogens (tertiary/aromatic N) is 2. The Kier molecular flexibility index (Phi) is 9.01. The first kappa shape index (κ1) is 27.1. The highest BCUT2D eigenvalue weighted by atomic mass is 32.2. The Bertz CT molecular complexity index is 1290. The van der Waals surface area contributed by atoms with E-state index in [1.54, 1.807) is 12.1 Å². The largest absolute Gasteiger partial charge is 0.357 e. The van der Waals surface area contributed by atoms with Crippen LogP contribution in [0.5, 0.6) is 0 Å². The fourth-order valence-corrected chi connectivity index (χ4v) is 5.10. The van der Waals surface area contributed by atoms with Crippen molar-refractivity contribution in [3.05, 3.63) is 101 Å². The SMILES string of the molecule is CNC(=O)[C@H](Cc1ccccc1)N(Cc1cccc(C)c1)C(=O)CN(C)S(=O)(=O)c1ccc(C)cc1. The van der Waals surface area contributed by atoms with Gasteiger partial charge in [-0.15, -0.1) is 0 Å². The molecule has 0 radical (unpaired) electrons. The Morgan fingerprint density at radius 1 is 0.861 bits per heavy atom. The highest BCUT2D eigenvalue weighted by Crippen LogP contribution is 2.19. The van der Waals surface area contributed by atoms with Crippen LogP contribution in [0.25, 0.3) is 0 Å². The molecule has 0 unspecified atom stereocenters. The van der Waals surface area contributed by atoms with Crippen LogP contribution in [-0.4, -0.2) is 56.1 Å². The van der Waals surface area contributed by atoms with E-state index in [1.807, 2.05) is 68.4 Å². The molecule has 0 aromatic heterocycles. The normalized spacial score (nSPS) is 12.2. The van der Waals surface area contributed by atoms with Crippen molar-refractivity contribution >= 4 is 21.8 Å². The molecule has 3 rings (SSSR count). The Balaban J connectivity index is 1.94. The first-order valence-electron chi connectivity index (χ1n) is 11.8. The van der Waals surface area contributed by atoms with Crippen LogP contribution < -0.4 is 5.32 Å². The standard InChI is InChI=1S/C28H33N3O4S/c1-21-13-15-25(16-14-21)36(34,35)30(4)20-27(32)31(19-24-12-8-9-22(2)17-24)26(28(33)29-3)18-23-10-6-5-7-11-23/h5-17,26H,18-20H2,1-4H3,(H,29,33)/t26-/m0/s1. The summed E-state index contributed by atoms with van der Waals surface area (Å²) in [6.45, 7) is 3.60. The van der Waals surface area contributed by atoms with Crippen LogP contribution in [-0.2, 0) is 32.6 Å². The summed E-state index contributed by atoms with van der Waals surface area (Å²) in [6, 6.07) is 22.8. The summed E-state index contributed by atoms with van der Waals surface area (Å²) in [4.78, 5) is 28.3. The molecule has 3 aromatic rings. The fraction of sp³-hybridized carbons (Fsp3) is 0.286. The number of aryl methyl sites for hydroxylation is 2. The number of benzene rings is 3. The second-order valence-corrected chi connectivity index (χ2v) is 10.9. The lowest BCUT2D eigenvalue weighted by atomic mass is 10.0. The van der Waals surface area contributed by atoms with E-state index in [0.717, 1.165) is 26.6 Å². The summed E-state index contributed by atoms with van der Waals surface area (Å²) < 4.78 is 27.3. The number of carbonyl (C=O) groups excluding carboxylic acids is 2. The molecule has 0 aliphatic carbocycles. The van der Waals surface area contributed by atoms with Crippen LogP contribution in [0, 0.1) is 13.8 Å². The highest BCUT2D eigenvalue weighted by molar-refractivity contribution is 7.89. The van der Waals surface area contributed by atoms with Crippen LogP contribution in [0.15, 0.2) is 83.8 Å². The van der Waals surface area contributed by atoms with Crippen molar-refractivity contribution < 1.29 is 18.0 Å². The lowest BCUT2D eigenvalue weighted by molar-refractivity contribution is -0.141. The zero-order chi connectivity index (χ0) is 26.3. The van der Waals surface area contributed by atoms with Gasteiger partial charge in [0.15, 0.2) is 0 Å². The Morgan fingerprint density at radius 3 is 2.11 bits per heavy atom. The lowest BCUT2D eigenvalue weighted by Crippen LogP contribution is -2.52. The fourth-order valence-electron chi connectivity index (χ4n) is 3.98. The van der Waals surface area contributed by atoms with Crippen molar-refractivity contribution in [1.82, 2.24) is 14.5 Å². The van der Waals surface area contributed by atoms with E-state index in [9.17, 15) is 18.0 Å². The van der Waals surface area contributed by atoms with Gasteiger partial charge in [-0.05, 0) is 37.1 Å². The average molecular weight is 508 g/mol. The van der Waals surface area contributed by atoms with Gasteiger partial charge in [-0.25, -0.2) is 8.42 Å². The number of rotatable bonds is 10. The molecule has 0 heterocycles. The van der Waals surface area contributed by atoms with Gasteiger partial charge in [-0.1, -0.05) is 77.9 Å². The molecule has 0 bridgehead atoms. The molecule has 0 fully saturated rings. The van der Waals surface area contributed by atoms with Crippen LogP contribution in [0.1, 0.15) is 22.3 Å². The third-order valence-electron chi connectivity index (χ3n) is 6.04. The van der Waals surface area contributed by atoms with Crippen LogP contribution in [0.3, 0.4) is 0 Å². The zero-order valence-electron chi connectivity index (χ0n) is 21.1. The molecule has 7 nitrogen and oxygen atoms in total. The smallest absolute Gasteiger partial charge is 0.243 e. The molecule has 36 heavy (non-hydrogen) atoms. The molecule has 3 aromatic carbocycles. The Labute approximate surface area is 213 Å². The molecule has 1 atom stereocenters. The van der Waals surface area contributed by atoms with Crippen molar-refractivity contribution in [3.8, 4) is 0 Å². The van der Waals surface area contributed by atoms with E-state index in [2.05, 4.69) is 5.32 Å². The van der Waals surface area contributed by atoms with Gasteiger partial charge in [0.2, 0.25) is 21.8 Å². The Hall–Kier alpha value is -3.49. The minimum Gasteiger partial charge on any atom is -0.357 e. The summed E-state index contributed by atoms with van der Waals surface area (Å²) >= 11 is 0. The van der Waals surface area contributed by atoms with E-state index in [0.29, 0.717) is 6.42 Å². The summed E-state index contributed by atoms with van der Waals surface area (Å²) in [6.07, 6.45) is 0.298. The first-order valence-corrected chi connectivity index (χ1v) is 13.2. The summed E-state index contributed by atoms with van der Waals surface area (Å²) in [5.41, 5.74) is 3.72. The van der Waals surface area contributed by atoms with Crippen LogP contribution in [0.2, 0.25) is 0 Å². The topological polar surface area (TPSA) is 86.8 Å². The van der Waals surface area contributed by atoms with E-state index >= 15 is 0 Å². The number of carbonyl (C=O) groups is 2. The molecular weight excluding hydrogens is 474 g/mol. The molecule has 0 saturated heterocycles. The van der Waals surface area contributed by atoms with Gasteiger partial charge in [-0.3, -0.25) is 9.59 Å². The first-order chi connectivity index (χ1) is 17.1. The molecule has 0 saturated carbocycles. The lowest BCUT2D eigenvalue weighted by Gasteiger charge is -2.32. The van der Waals surface area contributed by atoms with Gasteiger partial charge in [0.05, 0.1) is 11.4 Å². The molecule has 2 amide bonds. The van der Waals surface area contributed by atoms with Gasteiger partial charge in [0.1, 0.15) is 6.04 Å². The summed E-state index contributed by atoms with van der Waals surface area (Å²) in [5, 5.41) is 2.67. The van der Waals surface area contributed by atoms with Gasteiger partial charge in [-0.2, -0.15) is 4.31 Å². The van der Waals surface area contributed by atoms with E-state index in [4.69, 9.17) is 0 Å². The van der Waals surface area contributed by atoms with Crippen molar-refractivity contribution in [2.75, 3.05) is 20.6 Å².